The number of nitrogens with zero attached hydrogens (tertiary/aromatic N) is 1. The Hall–Kier alpha value is -2.54. The number of nitriles is 1. The predicted octanol–water partition coefficient (Wildman–Crippen LogP) is 2.29. The minimum absolute atomic E-state index is 0.264. The number of benzene rings is 1. The Morgan fingerprint density at radius 3 is 2.78 bits per heavy atom. The van der Waals surface area contributed by atoms with Crippen LogP contribution in [0.4, 0.5) is 0 Å². The van der Waals surface area contributed by atoms with Gasteiger partial charge in [-0.2, -0.15) is 5.26 Å². The zero-order valence-corrected chi connectivity index (χ0v) is 9.72. The number of aromatic amines is 1. The molecule has 1 aromatic carbocycles. The van der Waals surface area contributed by atoms with Crippen molar-refractivity contribution in [2.24, 2.45) is 0 Å². The molecule has 0 saturated carbocycles. The minimum atomic E-state index is -0.343. The first-order valence-electron chi connectivity index (χ1n) is 5.59. The fourth-order valence-corrected chi connectivity index (χ4v) is 1.62. The molecule has 2 aromatic rings. The lowest BCUT2D eigenvalue weighted by Crippen LogP contribution is -2.08. The number of hydrogen-bond donors (Lipinski definition) is 1. The summed E-state index contributed by atoms with van der Waals surface area (Å²) >= 11 is 0. The second kappa shape index (κ2) is 5.69. The van der Waals surface area contributed by atoms with Crippen molar-refractivity contribution in [1.29, 1.82) is 5.26 Å². The molecule has 4 heteroatoms. The number of esters is 1. The Balaban J connectivity index is 1.87. The quantitative estimate of drug-likeness (QED) is 0.834. The van der Waals surface area contributed by atoms with Gasteiger partial charge in [-0.3, -0.25) is 0 Å². The molecule has 1 heterocycles. The van der Waals surface area contributed by atoms with E-state index < -0.39 is 0 Å². The molecule has 90 valence electrons. The van der Waals surface area contributed by atoms with Gasteiger partial charge in [-0.1, -0.05) is 18.2 Å². The summed E-state index contributed by atoms with van der Waals surface area (Å²) in [4.78, 5) is 14.5. The number of aromatic nitrogens is 1. The maximum absolute atomic E-state index is 11.6. The monoisotopic (exact) mass is 240 g/mol. The summed E-state index contributed by atoms with van der Waals surface area (Å²) in [5.41, 5.74) is 1.98. The van der Waals surface area contributed by atoms with E-state index in [9.17, 15) is 4.79 Å². The summed E-state index contributed by atoms with van der Waals surface area (Å²) < 4.78 is 5.14. The Morgan fingerprint density at radius 1 is 1.28 bits per heavy atom. The molecule has 2 rings (SSSR count). The van der Waals surface area contributed by atoms with Gasteiger partial charge in [0.2, 0.25) is 0 Å². The van der Waals surface area contributed by atoms with Crippen molar-refractivity contribution in [3.05, 3.63) is 59.4 Å². The van der Waals surface area contributed by atoms with Crippen molar-refractivity contribution in [2.75, 3.05) is 6.61 Å². The topological polar surface area (TPSA) is 65.9 Å². The summed E-state index contributed by atoms with van der Waals surface area (Å²) in [5, 5.41) is 8.82. The SMILES string of the molecule is N#Cc1c[nH]cc1CCOC(=O)c1ccccc1. The molecule has 0 fully saturated rings. The average molecular weight is 240 g/mol. The third kappa shape index (κ3) is 2.77. The second-order valence-electron chi connectivity index (χ2n) is 3.76. The van der Waals surface area contributed by atoms with E-state index in [0.29, 0.717) is 17.5 Å². The van der Waals surface area contributed by atoms with Crippen LogP contribution in [-0.2, 0) is 11.2 Å². The smallest absolute Gasteiger partial charge is 0.338 e. The van der Waals surface area contributed by atoms with Crippen LogP contribution in [0.3, 0.4) is 0 Å². The normalized spacial score (nSPS) is 9.72. The van der Waals surface area contributed by atoms with Crippen LogP contribution in [0, 0.1) is 11.3 Å². The molecule has 0 atom stereocenters. The maximum atomic E-state index is 11.6. The highest BCUT2D eigenvalue weighted by atomic mass is 16.5. The third-order valence-corrected chi connectivity index (χ3v) is 2.57. The molecule has 0 amide bonds. The third-order valence-electron chi connectivity index (χ3n) is 2.57. The lowest BCUT2D eigenvalue weighted by atomic mass is 10.1. The van der Waals surface area contributed by atoms with Crippen LogP contribution in [0.1, 0.15) is 21.5 Å². The Bertz CT molecular complexity index is 567. The van der Waals surface area contributed by atoms with E-state index >= 15 is 0 Å². The van der Waals surface area contributed by atoms with Gasteiger partial charge in [0.15, 0.2) is 0 Å². The van der Waals surface area contributed by atoms with Gasteiger partial charge in [0.1, 0.15) is 6.07 Å². The van der Waals surface area contributed by atoms with E-state index in [2.05, 4.69) is 11.1 Å². The Kier molecular flexibility index (Phi) is 3.77. The molecule has 0 bridgehead atoms. The maximum Gasteiger partial charge on any atom is 0.338 e. The number of carbonyl (C=O) groups excluding carboxylic acids is 1. The number of H-pyrrole nitrogens is 1. The molecule has 0 spiro atoms. The van der Waals surface area contributed by atoms with E-state index in [-0.39, 0.29) is 12.6 Å². The summed E-state index contributed by atoms with van der Waals surface area (Å²) in [6.07, 6.45) is 3.91. The molecular formula is C14H12N2O2. The molecular weight excluding hydrogens is 228 g/mol. The van der Waals surface area contributed by atoms with E-state index in [1.165, 1.54) is 0 Å². The molecule has 0 aliphatic rings. The van der Waals surface area contributed by atoms with E-state index in [1.54, 1.807) is 36.7 Å². The van der Waals surface area contributed by atoms with Crippen molar-refractivity contribution < 1.29 is 9.53 Å². The molecule has 0 radical (unpaired) electrons. The van der Waals surface area contributed by atoms with Crippen LogP contribution in [0.2, 0.25) is 0 Å². The molecule has 0 aliphatic heterocycles. The lowest BCUT2D eigenvalue weighted by molar-refractivity contribution is 0.0509. The standard InChI is InChI=1S/C14H12N2O2/c15-8-13-10-16-9-12(13)6-7-18-14(17)11-4-2-1-3-5-11/h1-5,9-10,16H,6-7H2. The molecule has 0 aliphatic carbocycles. The van der Waals surface area contributed by atoms with Crippen molar-refractivity contribution >= 4 is 5.97 Å². The largest absolute Gasteiger partial charge is 0.462 e. The van der Waals surface area contributed by atoms with Crippen molar-refractivity contribution in [3.63, 3.8) is 0 Å². The van der Waals surface area contributed by atoms with Crippen molar-refractivity contribution in [3.8, 4) is 6.07 Å². The molecule has 0 saturated heterocycles. The average Bonchev–Trinajstić information content (AvgIpc) is 2.87. The van der Waals surface area contributed by atoms with Crippen molar-refractivity contribution in [2.45, 2.75) is 6.42 Å². The zero-order chi connectivity index (χ0) is 12.8. The van der Waals surface area contributed by atoms with Crippen LogP contribution in [0.25, 0.3) is 0 Å². The second-order valence-corrected chi connectivity index (χ2v) is 3.76. The lowest BCUT2D eigenvalue weighted by Gasteiger charge is -2.03. The highest BCUT2D eigenvalue weighted by molar-refractivity contribution is 5.89. The van der Waals surface area contributed by atoms with E-state index in [0.717, 1.165) is 5.56 Å². The first-order chi connectivity index (χ1) is 8.81. The number of hydrogen-bond acceptors (Lipinski definition) is 3. The Morgan fingerprint density at radius 2 is 2.06 bits per heavy atom. The molecule has 4 nitrogen and oxygen atoms in total. The molecule has 0 unspecified atom stereocenters. The first-order valence-corrected chi connectivity index (χ1v) is 5.59. The van der Waals surface area contributed by atoms with Gasteiger partial charge >= 0.3 is 5.97 Å². The number of rotatable bonds is 4. The zero-order valence-electron chi connectivity index (χ0n) is 9.72. The number of ether oxygens (including phenoxy) is 1. The van der Waals surface area contributed by atoms with Crippen LogP contribution in [-0.4, -0.2) is 17.6 Å². The van der Waals surface area contributed by atoms with Gasteiger partial charge in [-0.05, 0) is 17.7 Å². The van der Waals surface area contributed by atoms with Gasteiger partial charge < -0.3 is 9.72 Å². The predicted molar refractivity (Wildman–Crippen MR) is 65.9 cm³/mol. The molecule has 18 heavy (non-hydrogen) atoms. The summed E-state index contributed by atoms with van der Waals surface area (Å²) in [7, 11) is 0. The fourth-order valence-electron chi connectivity index (χ4n) is 1.62. The summed E-state index contributed by atoms with van der Waals surface area (Å²) in [6.45, 7) is 0.264. The van der Waals surface area contributed by atoms with Crippen LogP contribution in [0.5, 0.6) is 0 Å². The van der Waals surface area contributed by atoms with Crippen molar-refractivity contribution in [1.82, 2.24) is 4.98 Å². The number of nitrogens with one attached hydrogen (secondary N) is 1. The van der Waals surface area contributed by atoms with Gasteiger partial charge in [0.05, 0.1) is 17.7 Å². The fraction of sp³-hybridized carbons (Fsp3) is 0.143. The van der Waals surface area contributed by atoms with Crippen LogP contribution in [0.15, 0.2) is 42.7 Å². The highest BCUT2D eigenvalue weighted by Crippen LogP contribution is 2.08. The van der Waals surface area contributed by atoms with Crippen LogP contribution >= 0.6 is 0 Å². The van der Waals surface area contributed by atoms with Gasteiger partial charge in [0, 0.05) is 18.8 Å². The first kappa shape index (κ1) is 11.9. The van der Waals surface area contributed by atoms with Crippen LogP contribution < -0.4 is 0 Å². The van der Waals surface area contributed by atoms with Gasteiger partial charge in [-0.15, -0.1) is 0 Å². The summed E-state index contributed by atoms with van der Waals surface area (Å²) in [6, 6.07) is 10.9. The molecule has 1 aromatic heterocycles. The van der Waals surface area contributed by atoms with E-state index in [1.807, 2.05) is 6.07 Å². The van der Waals surface area contributed by atoms with Gasteiger partial charge in [0.25, 0.3) is 0 Å². The Labute approximate surface area is 105 Å². The van der Waals surface area contributed by atoms with E-state index in [4.69, 9.17) is 10.00 Å². The highest BCUT2D eigenvalue weighted by Gasteiger charge is 2.07. The van der Waals surface area contributed by atoms with Gasteiger partial charge in [-0.25, -0.2) is 4.79 Å². The number of carbonyl (C=O) groups is 1. The minimum Gasteiger partial charge on any atom is -0.462 e. The molecule has 1 N–H and O–H groups in total. The summed E-state index contributed by atoms with van der Waals surface area (Å²) in [5.74, 6) is -0.343.